The Morgan fingerprint density at radius 3 is 2.80 bits per heavy atom. The molecule has 2 aromatic heterocycles. The highest BCUT2D eigenvalue weighted by Gasteiger charge is 2.36. The molecular weight excluding hydrogens is 340 g/mol. The molecule has 3 rings (SSSR count). The molecule has 0 radical (unpaired) electrons. The number of nitrogens with zero attached hydrogens (tertiary/aromatic N) is 6. The zero-order valence-electron chi connectivity index (χ0n) is 14.8. The van der Waals surface area contributed by atoms with Gasteiger partial charge < -0.3 is 4.74 Å². The number of hydrogen-bond donors (Lipinski definition) is 0. The largest absolute Gasteiger partial charge is 0.471 e. The number of aromatic nitrogens is 2. The Labute approximate surface area is 151 Å². The number of pyridine rings is 2. The summed E-state index contributed by atoms with van der Waals surface area (Å²) in [6.45, 7) is 9.85. The molecule has 25 heavy (non-hydrogen) atoms. The minimum Gasteiger partial charge on any atom is -0.471 e. The molecule has 7 nitrogen and oxygen atoms in total. The lowest BCUT2D eigenvalue weighted by atomic mass is 9.93. The molecule has 1 saturated heterocycles. The molecule has 0 spiro atoms. The van der Waals surface area contributed by atoms with Gasteiger partial charge in [-0.1, -0.05) is 37.5 Å². The van der Waals surface area contributed by atoms with Gasteiger partial charge in [-0.2, -0.15) is 0 Å². The second-order valence-corrected chi connectivity index (χ2v) is 7.15. The fourth-order valence-corrected chi connectivity index (χ4v) is 3.33. The lowest BCUT2D eigenvalue weighted by Gasteiger charge is -2.45. The maximum atomic E-state index is 8.85. The van der Waals surface area contributed by atoms with E-state index in [0.29, 0.717) is 17.1 Å². The van der Waals surface area contributed by atoms with Crippen LogP contribution in [-0.4, -0.2) is 40.1 Å². The van der Waals surface area contributed by atoms with Crippen LogP contribution in [0.4, 0.5) is 0 Å². The lowest BCUT2D eigenvalue weighted by molar-refractivity contribution is -0.0336. The van der Waals surface area contributed by atoms with Crippen molar-refractivity contribution in [2.45, 2.75) is 45.4 Å². The van der Waals surface area contributed by atoms with Gasteiger partial charge in [-0.15, -0.1) is 0 Å². The number of likely N-dealkylation sites (tertiary alicyclic amines) is 1. The summed E-state index contributed by atoms with van der Waals surface area (Å²) in [5.74, 6) is 0.534. The van der Waals surface area contributed by atoms with Crippen LogP contribution < -0.4 is 4.74 Å². The van der Waals surface area contributed by atoms with Crippen molar-refractivity contribution in [1.82, 2.24) is 14.9 Å². The molecule has 1 aliphatic rings. The minimum absolute atomic E-state index is 0.0994. The highest BCUT2D eigenvalue weighted by molar-refractivity contribution is 6.30. The molecule has 0 saturated carbocycles. The van der Waals surface area contributed by atoms with Crippen molar-refractivity contribution in [3.63, 3.8) is 0 Å². The van der Waals surface area contributed by atoms with Gasteiger partial charge in [0.15, 0.2) is 0 Å². The van der Waals surface area contributed by atoms with E-state index in [1.54, 1.807) is 18.5 Å². The first-order valence-electron chi connectivity index (χ1n) is 8.29. The topological polar surface area (TPSA) is 87.0 Å². The average Bonchev–Trinajstić information content (AvgIpc) is 2.57. The van der Waals surface area contributed by atoms with Gasteiger partial charge in [-0.05, 0) is 36.0 Å². The molecule has 132 valence electrons. The standard InChI is InChI=1S/C17H21ClN6O/c1-5-24-9-14(10(24)2)25-16-12-7-20-15(18)6-11(12)13(8-21-16)17(3,4)22-23-19/h6-8,10,14H,5,9H2,1-4H3/t10-,14+/m0/s1. The second kappa shape index (κ2) is 6.67. The first-order chi connectivity index (χ1) is 11.9. The summed E-state index contributed by atoms with van der Waals surface area (Å²) in [6.07, 6.45) is 3.46. The van der Waals surface area contributed by atoms with E-state index in [9.17, 15) is 0 Å². The highest BCUT2D eigenvalue weighted by Crippen LogP contribution is 2.36. The summed E-state index contributed by atoms with van der Waals surface area (Å²) in [4.78, 5) is 13.9. The molecule has 1 aliphatic heterocycles. The first-order valence-corrected chi connectivity index (χ1v) is 8.67. The molecule has 2 aromatic rings. The number of halogens is 1. The Hall–Kier alpha value is -2.08. The second-order valence-electron chi connectivity index (χ2n) is 6.76. The Morgan fingerprint density at radius 2 is 2.16 bits per heavy atom. The predicted octanol–water partition coefficient (Wildman–Crippen LogP) is 4.30. The zero-order chi connectivity index (χ0) is 18.2. The van der Waals surface area contributed by atoms with Gasteiger partial charge in [0.25, 0.3) is 0 Å². The lowest BCUT2D eigenvalue weighted by Crippen LogP contribution is -2.60. The average molecular weight is 361 g/mol. The zero-order valence-corrected chi connectivity index (χ0v) is 15.5. The van der Waals surface area contributed by atoms with E-state index >= 15 is 0 Å². The van der Waals surface area contributed by atoms with Crippen LogP contribution in [0.15, 0.2) is 23.6 Å². The van der Waals surface area contributed by atoms with E-state index in [1.807, 2.05) is 13.8 Å². The third-order valence-electron chi connectivity index (χ3n) is 4.85. The van der Waals surface area contributed by atoms with Crippen LogP contribution in [0.1, 0.15) is 33.3 Å². The SMILES string of the molecule is CCN1C[C@@H](Oc2ncc(C(C)(C)N=[N+]=[N-])c3cc(Cl)ncc23)[C@@H]1C. The van der Waals surface area contributed by atoms with Crippen LogP contribution in [0.25, 0.3) is 21.2 Å². The van der Waals surface area contributed by atoms with Crippen LogP contribution in [0.5, 0.6) is 5.88 Å². The summed E-state index contributed by atoms with van der Waals surface area (Å²) in [7, 11) is 0. The molecule has 0 bridgehead atoms. The van der Waals surface area contributed by atoms with Crippen LogP contribution in [-0.2, 0) is 5.54 Å². The van der Waals surface area contributed by atoms with Crippen LogP contribution in [0.3, 0.4) is 0 Å². The van der Waals surface area contributed by atoms with Crippen molar-refractivity contribution in [1.29, 1.82) is 0 Å². The molecule has 1 fully saturated rings. The molecule has 2 atom stereocenters. The van der Waals surface area contributed by atoms with Gasteiger partial charge >= 0.3 is 0 Å². The van der Waals surface area contributed by atoms with Gasteiger partial charge in [0.1, 0.15) is 11.3 Å². The van der Waals surface area contributed by atoms with Gasteiger partial charge in [0.05, 0.1) is 10.9 Å². The Balaban J connectivity index is 2.04. The molecule has 0 aromatic carbocycles. The number of azide groups is 1. The van der Waals surface area contributed by atoms with Crippen molar-refractivity contribution in [3.05, 3.63) is 39.6 Å². The third kappa shape index (κ3) is 3.23. The maximum Gasteiger partial charge on any atom is 0.223 e. The molecular formula is C17H21ClN6O. The van der Waals surface area contributed by atoms with Crippen LogP contribution in [0, 0.1) is 0 Å². The monoisotopic (exact) mass is 360 g/mol. The van der Waals surface area contributed by atoms with Crippen molar-refractivity contribution in [2.24, 2.45) is 5.11 Å². The van der Waals surface area contributed by atoms with Crippen LogP contribution in [0.2, 0.25) is 5.15 Å². The van der Waals surface area contributed by atoms with E-state index in [-0.39, 0.29) is 6.10 Å². The molecule has 0 aliphatic carbocycles. The van der Waals surface area contributed by atoms with Crippen molar-refractivity contribution in [2.75, 3.05) is 13.1 Å². The summed E-state index contributed by atoms with van der Waals surface area (Å²) in [6, 6.07) is 2.11. The van der Waals surface area contributed by atoms with Gasteiger partial charge in [0, 0.05) is 29.9 Å². The van der Waals surface area contributed by atoms with Crippen molar-refractivity contribution >= 4 is 22.4 Å². The molecule has 0 N–H and O–H groups in total. The van der Waals surface area contributed by atoms with E-state index in [4.69, 9.17) is 21.9 Å². The first kappa shape index (κ1) is 17.7. The summed E-state index contributed by atoms with van der Waals surface area (Å²) in [5, 5.41) is 5.86. The number of ether oxygens (including phenoxy) is 1. The highest BCUT2D eigenvalue weighted by atomic mass is 35.5. The van der Waals surface area contributed by atoms with Crippen molar-refractivity contribution < 1.29 is 4.74 Å². The maximum absolute atomic E-state index is 8.85. The summed E-state index contributed by atoms with van der Waals surface area (Å²) < 4.78 is 6.14. The number of fused-ring (bicyclic) bond motifs is 1. The Kier molecular flexibility index (Phi) is 4.73. The minimum atomic E-state index is -0.758. The third-order valence-corrected chi connectivity index (χ3v) is 5.06. The molecule has 8 heteroatoms. The van der Waals surface area contributed by atoms with E-state index in [2.05, 4.69) is 38.7 Å². The van der Waals surface area contributed by atoms with Gasteiger partial charge in [0.2, 0.25) is 5.88 Å². The van der Waals surface area contributed by atoms with E-state index in [0.717, 1.165) is 29.4 Å². The Morgan fingerprint density at radius 1 is 1.40 bits per heavy atom. The van der Waals surface area contributed by atoms with E-state index < -0.39 is 5.54 Å². The van der Waals surface area contributed by atoms with Gasteiger partial charge in [-0.25, -0.2) is 9.97 Å². The number of likely N-dealkylation sites (N-methyl/N-ethyl adjacent to an activating group) is 1. The predicted molar refractivity (Wildman–Crippen MR) is 97.8 cm³/mol. The fourth-order valence-electron chi connectivity index (χ4n) is 3.18. The van der Waals surface area contributed by atoms with Crippen molar-refractivity contribution in [3.8, 4) is 5.88 Å². The van der Waals surface area contributed by atoms with Gasteiger partial charge in [-0.3, -0.25) is 4.90 Å². The normalized spacial score (nSPS) is 20.8. The summed E-state index contributed by atoms with van der Waals surface area (Å²) >= 11 is 6.09. The molecule has 0 unspecified atom stereocenters. The molecule has 0 amide bonds. The quantitative estimate of drug-likeness (QED) is 0.344. The van der Waals surface area contributed by atoms with E-state index in [1.165, 1.54) is 0 Å². The smallest absolute Gasteiger partial charge is 0.223 e. The van der Waals surface area contributed by atoms with Crippen LogP contribution >= 0.6 is 11.6 Å². The number of hydrogen-bond acceptors (Lipinski definition) is 5. The molecule has 3 heterocycles. The summed E-state index contributed by atoms with van der Waals surface area (Å²) in [5.41, 5.74) is 8.88. The Bertz CT molecular complexity index is 848. The number of rotatable bonds is 5. The fraction of sp³-hybridized carbons (Fsp3) is 0.529.